The average Bonchev–Trinajstić information content (AvgIpc) is 2.62. The van der Waals surface area contributed by atoms with Crippen LogP contribution >= 0.6 is 11.6 Å². The lowest BCUT2D eigenvalue weighted by Crippen LogP contribution is -2.32. The SMILES string of the molecule is O=C(N/N=C/c1cccc(Cl)c1)C(=O)Nc1cccc2ccccc12. The number of carbonyl (C=O) groups is 2. The van der Waals surface area contributed by atoms with Crippen molar-refractivity contribution in [3.63, 3.8) is 0 Å². The number of amides is 2. The van der Waals surface area contributed by atoms with Gasteiger partial charge in [-0.3, -0.25) is 9.59 Å². The average molecular weight is 352 g/mol. The Morgan fingerprint density at radius 3 is 2.52 bits per heavy atom. The molecule has 124 valence electrons. The van der Waals surface area contributed by atoms with Crippen LogP contribution in [0, 0.1) is 0 Å². The molecule has 0 fully saturated rings. The number of nitrogens with zero attached hydrogens (tertiary/aromatic N) is 1. The molecule has 0 aromatic heterocycles. The fraction of sp³-hybridized carbons (Fsp3) is 0. The van der Waals surface area contributed by atoms with Crippen molar-refractivity contribution < 1.29 is 9.59 Å². The number of benzene rings is 3. The van der Waals surface area contributed by atoms with Crippen molar-refractivity contribution in [3.05, 3.63) is 77.3 Å². The normalized spacial score (nSPS) is 10.8. The quantitative estimate of drug-likeness (QED) is 0.430. The van der Waals surface area contributed by atoms with Crippen molar-refractivity contribution in [2.45, 2.75) is 0 Å². The van der Waals surface area contributed by atoms with Crippen molar-refractivity contribution in [1.29, 1.82) is 0 Å². The molecule has 2 N–H and O–H groups in total. The Kier molecular flexibility index (Phi) is 5.06. The Balaban J connectivity index is 1.65. The summed E-state index contributed by atoms with van der Waals surface area (Å²) in [5.74, 6) is -1.65. The van der Waals surface area contributed by atoms with Crippen molar-refractivity contribution in [2.24, 2.45) is 5.10 Å². The van der Waals surface area contributed by atoms with Crippen molar-refractivity contribution in [2.75, 3.05) is 5.32 Å². The summed E-state index contributed by atoms with van der Waals surface area (Å²) < 4.78 is 0. The van der Waals surface area contributed by atoms with Gasteiger partial charge in [0.1, 0.15) is 0 Å². The van der Waals surface area contributed by atoms with Crippen molar-refractivity contribution in [1.82, 2.24) is 5.43 Å². The minimum atomic E-state index is -0.855. The summed E-state index contributed by atoms with van der Waals surface area (Å²) in [5.41, 5.74) is 3.47. The van der Waals surface area contributed by atoms with E-state index in [9.17, 15) is 9.59 Å². The number of hydrazone groups is 1. The lowest BCUT2D eigenvalue weighted by Gasteiger charge is -2.07. The van der Waals surface area contributed by atoms with E-state index < -0.39 is 11.8 Å². The summed E-state index contributed by atoms with van der Waals surface area (Å²) in [7, 11) is 0. The summed E-state index contributed by atoms with van der Waals surface area (Å²) in [4.78, 5) is 23.9. The first kappa shape index (κ1) is 16.7. The predicted molar refractivity (Wildman–Crippen MR) is 99.8 cm³/mol. The van der Waals surface area contributed by atoms with E-state index in [1.807, 2.05) is 36.4 Å². The van der Waals surface area contributed by atoms with E-state index in [1.54, 1.807) is 30.3 Å². The molecule has 0 spiro atoms. The Morgan fingerprint density at radius 1 is 0.920 bits per heavy atom. The highest BCUT2D eigenvalue weighted by molar-refractivity contribution is 6.40. The Hall–Kier alpha value is -3.18. The van der Waals surface area contributed by atoms with Crippen LogP contribution in [0.4, 0.5) is 5.69 Å². The molecule has 0 atom stereocenters. The van der Waals surface area contributed by atoms with Gasteiger partial charge in [0, 0.05) is 16.1 Å². The van der Waals surface area contributed by atoms with Gasteiger partial charge in [-0.15, -0.1) is 0 Å². The van der Waals surface area contributed by atoms with E-state index in [0.717, 1.165) is 10.8 Å². The zero-order chi connectivity index (χ0) is 17.6. The molecule has 0 aliphatic carbocycles. The second kappa shape index (κ2) is 7.59. The van der Waals surface area contributed by atoms with Crippen molar-refractivity contribution >= 4 is 46.1 Å². The molecule has 0 saturated carbocycles. The van der Waals surface area contributed by atoms with Gasteiger partial charge in [0.2, 0.25) is 0 Å². The lowest BCUT2D eigenvalue weighted by atomic mass is 10.1. The van der Waals surface area contributed by atoms with E-state index in [1.165, 1.54) is 6.21 Å². The highest BCUT2D eigenvalue weighted by Gasteiger charge is 2.14. The molecule has 3 aromatic carbocycles. The molecule has 25 heavy (non-hydrogen) atoms. The monoisotopic (exact) mass is 351 g/mol. The van der Waals surface area contributed by atoms with E-state index in [2.05, 4.69) is 15.8 Å². The number of nitrogens with one attached hydrogen (secondary N) is 2. The number of carbonyl (C=O) groups excluding carboxylic acids is 2. The van der Waals surface area contributed by atoms with Gasteiger partial charge in [0.25, 0.3) is 0 Å². The maximum absolute atomic E-state index is 12.0. The smallest absolute Gasteiger partial charge is 0.317 e. The van der Waals surface area contributed by atoms with Crippen molar-refractivity contribution in [3.8, 4) is 0 Å². The second-order valence-electron chi connectivity index (χ2n) is 5.23. The minimum Gasteiger partial charge on any atom is -0.317 e. The third-order valence-corrected chi connectivity index (χ3v) is 3.71. The predicted octanol–water partition coefficient (Wildman–Crippen LogP) is 3.58. The molecule has 0 aliphatic rings. The topological polar surface area (TPSA) is 70.6 Å². The van der Waals surface area contributed by atoms with E-state index in [-0.39, 0.29) is 0 Å². The highest BCUT2D eigenvalue weighted by Crippen LogP contribution is 2.22. The first-order valence-corrected chi connectivity index (χ1v) is 7.89. The molecule has 0 radical (unpaired) electrons. The van der Waals surface area contributed by atoms with Gasteiger partial charge in [0.15, 0.2) is 0 Å². The molecule has 0 aliphatic heterocycles. The van der Waals surface area contributed by atoms with Crippen LogP contribution in [-0.4, -0.2) is 18.0 Å². The third kappa shape index (κ3) is 4.22. The number of rotatable bonds is 3. The van der Waals surface area contributed by atoms with Gasteiger partial charge in [0.05, 0.1) is 6.21 Å². The highest BCUT2D eigenvalue weighted by atomic mass is 35.5. The summed E-state index contributed by atoms with van der Waals surface area (Å²) in [6.07, 6.45) is 1.41. The zero-order valence-electron chi connectivity index (χ0n) is 13.1. The van der Waals surface area contributed by atoms with E-state index in [4.69, 9.17) is 11.6 Å². The molecule has 0 heterocycles. The summed E-state index contributed by atoms with van der Waals surface area (Å²) in [5, 5.41) is 8.75. The number of anilines is 1. The fourth-order valence-corrected chi connectivity index (χ4v) is 2.52. The first-order chi connectivity index (χ1) is 12.1. The molecular formula is C19H14ClN3O2. The summed E-state index contributed by atoms with van der Waals surface area (Å²) >= 11 is 5.86. The minimum absolute atomic E-state index is 0.559. The molecule has 2 amide bonds. The maximum atomic E-state index is 12.0. The molecule has 5 nitrogen and oxygen atoms in total. The van der Waals surface area contributed by atoms with Gasteiger partial charge in [-0.05, 0) is 29.1 Å². The molecule has 0 saturated heterocycles. The number of hydrogen-bond acceptors (Lipinski definition) is 3. The molecule has 3 aromatic rings. The van der Waals surface area contributed by atoms with Gasteiger partial charge in [-0.1, -0.05) is 60.1 Å². The number of fused-ring (bicyclic) bond motifs is 1. The van der Waals surface area contributed by atoms with Crippen LogP contribution in [0.3, 0.4) is 0 Å². The van der Waals surface area contributed by atoms with Crippen LogP contribution in [0.15, 0.2) is 71.8 Å². The molecular weight excluding hydrogens is 338 g/mol. The van der Waals surface area contributed by atoms with Crippen LogP contribution in [0.5, 0.6) is 0 Å². The van der Waals surface area contributed by atoms with Gasteiger partial charge in [-0.25, -0.2) is 5.43 Å². The molecule has 0 unspecified atom stereocenters. The largest absolute Gasteiger partial charge is 0.329 e. The second-order valence-corrected chi connectivity index (χ2v) is 5.67. The summed E-state index contributed by atoms with van der Waals surface area (Å²) in [6.45, 7) is 0. The maximum Gasteiger partial charge on any atom is 0.329 e. The van der Waals surface area contributed by atoms with E-state index in [0.29, 0.717) is 16.3 Å². The number of halogens is 1. The van der Waals surface area contributed by atoms with E-state index >= 15 is 0 Å². The standard InChI is InChI=1S/C19H14ClN3O2/c20-15-8-3-5-13(11-15)12-21-23-19(25)18(24)22-17-10-4-7-14-6-1-2-9-16(14)17/h1-12H,(H,22,24)(H,23,25)/b21-12+. The fourth-order valence-electron chi connectivity index (χ4n) is 2.32. The van der Waals surface area contributed by atoms with Crippen LogP contribution < -0.4 is 10.7 Å². The van der Waals surface area contributed by atoms with Crippen LogP contribution in [-0.2, 0) is 9.59 Å². The van der Waals surface area contributed by atoms with Gasteiger partial charge >= 0.3 is 11.8 Å². The Labute approximate surface area is 149 Å². The van der Waals surface area contributed by atoms with Gasteiger partial charge < -0.3 is 5.32 Å². The first-order valence-electron chi connectivity index (χ1n) is 7.51. The Morgan fingerprint density at radius 2 is 1.68 bits per heavy atom. The summed E-state index contributed by atoms with van der Waals surface area (Å²) in [6, 6.07) is 20.0. The van der Waals surface area contributed by atoms with Gasteiger partial charge in [-0.2, -0.15) is 5.10 Å². The molecule has 6 heteroatoms. The zero-order valence-corrected chi connectivity index (χ0v) is 13.8. The van der Waals surface area contributed by atoms with Crippen LogP contribution in [0.2, 0.25) is 5.02 Å². The van der Waals surface area contributed by atoms with Crippen LogP contribution in [0.25, 0.3) is 10.8 Å². The van der Waals surface area contributed by atoms with Crippen LogP contribution in [0.1, 0.15) is 5.56 Å². The lowest BCUT2D eigenvalue weighted by molar-refractivity contribution is -0.136. The molecule has 0 bridgehead atoms. The molecule has 3 rings (SSSR count). The third-order valence-electron chi connectivity index (χ3n) is 3.47. The number of hydrogen-bond donors (Lipinski definition) is 2. The Bertz CT molecular complexity index is 964.